The summed E-state index contributed by atoms with van der Waals surface area (Å²) in [6.07, 6.45) is 1.00. The zero-order chi connectivity index (χ0) is 14.0. The standard InChI is InChI=1S/C15H18N2O2/c1-5-11-6-8-12(9-7-11)14-15(19-4)13(10(2)18)16-17(14)3/h6-9H,5H2,1-4H3. The Morgan fingerprint density at radius 2 is 1.95 bits per heavy atom. The van der Waals surface area contributed by atoms with Crippen LogP contribution in [0.5, 0.6) is 5.75 Å². The predicted molar refractivity (Wildman–Crippen MR) is 74.6 cm³/mol. The fraction of sp³-hybridized carbons (Fsp3) is 0.333. The van der Waals surface area contributed by atoms with Crippen molar-refractivity contribution >= 4 is 5.78 Å². The first-order chi connectivity index (χ1) is 9.08. The van der Waals surface area contributed by atoms with E-state index in [0.29, 0.717) is 11.4 Å². The Balaban J connectivity index is 2.57. The fourth-order valence-electron chi connectivity index (χ4n) is 2.14. The Bertz CT molecular complexity index is 597. The number of Topliss-reactive ketones (excluding diaryl/α,β-unsaturated/α-hetero) is 1. The molecule has 0 aliphatic rings. The molecule has 0 bridgehead atoms. The lowest BCUT2D eigenvalue weighted by Crippen LogP contribution is -1.97. The number of methoxy groups -OCH3 is 1. The minimum Gasteiger partial charge on any atom is -0.492 e. The van der Waals surface area contributed by atoms with Gasteiger partial charge in [0.25, 0.3) is 0 Å². The zero-order valence-electron chi connectivity index (χ0n) is 11.7. The lowest BCUT2D eigenvalue weighted by Gasteiger charge is -2.06. The highest BCUT2D eigenvalue weighted by molar-refractivity contribution is 5.97. The first-order valence-corrected chi connectivity index (χ1v) is 6.29. The maximum atomic E-state index is 11.6. The molecule has 0 radical (unpaired) electrons. The van der Waals surface area contributed by atoms with Gasteiger partial charge in [-0.05, 0) is 12.0 Å². The maximum absolute atomic E-state index is 11.6. The second-order valence-electron chi connectivity index (χ2n) is 4.46. The van der Waals surface area contributed by atoms with E-state index in [1.807, 2.05) is 19.2 Å². The molecule has 0 amide bonds. The number of nitrogens with zero attached hydrogens (tertiary/aromatic N) is 2. The summed E-state index contributed by atoms with van der Waals surface area (Å²) in [6.45, 7) is 3.61. The fourth-order valence-corrected chi connectivity index (χ4v) is 2.14. The molecule has 0 N–H and O–H groups in total. The Morgan fingerprint density at radius 1 is 1.32 bits per heavy atom. The average molecular weight is 258 g/mol. The number of carbonyl (C=O) groups excluding carboxylic acids is 1. The van der Waals surface area contributed by atoms with Gasteiger partial charge in [-0.2, -0.15) is 5.10 Å². The summed E-state index contributed by atoms with van der Waals surface area (Å²) in [5, 5.41) is 4.24. The summed E-state index contributed by atoms with van der Waals surface area (Å²) < 4.78 is 7.06. The highest BCUT2D eigenvalue weighted by Gasteiger charge is 2.21. The number of ketones is 1. The minimum absolute atomic E-state index is 0.0936. The second-order valence-corrected chi connectivity index (χ2v) is 4.46. The van der Waals surface area contributed by atoms with Gasteiger partial charge in [-0.1, -0.05) is 31.2 Å². The molecule has 1 aromatic carbocycles. The van der Waals surface area contributed by atoms with Crippen molar-refractivity contribution in [3.8, 4) is 17.0 Å². The van der Waals surface area contributed by atoms with Gasteiger partial charge in [0, 0.05) is 19.5 Å². The molecule has 1 heterocycles. The van der Waals surface area contributed by atoms with E-state index in [1.165, 1.54) is 12.5 Å². The lowest BCUT2D eigenvalue weighted by molar-refractivity contribution is 0.100. The van der Waals surface area contributed by atoms with Gasteiger partial charge in [-0.3, -0.25) is 9.48 Å². The molecule has 0 aliphatic carbocycles. The molecular formula is C15H18N2O2. The van der Waals surface area contributed by atoms with E-state index < -0.39 is 0 Å². The molecule has 0 atom stereocenters. The third-order valence-corrected chi connectivity index (χ3v) is 3.18. The molecule has 0 aliphatic heterocycles. The number of aryl methyl sites for hydroxylation is 2. The van der Waals surface area contributed by atoms with E-state index in [9.17, 15) is 4.79 Å². The van der Waals surface area contributed by atoms with Crippen molar-refractivity contribution in [2.45, 2.75) is 20.3 Å². The summed E-state index contributed by atoms with van der Waals surface area (Å²) in [4.78, 5) is 11.6. The number of aromatic nitrogens is 2. The largest absolute Gasteiger partial charge is 0.492 e. The first kappa shape index (κ1) is 13.3. The second kappa shape index (κ2) is 5.26. The van der Waals surface area contributed by atoms with Crippen LogP contribution in [0.3, 0.4) is 0 Å². The van der Waals surface area contributed by atoms with Crippen molar-refractivity contribution in [2.24, 2.45) is 7.05 Å². The highest BCUT2D eigenvalue weighted by atomic mass is 16.5. The van der Waals surface area contributed by atoms with E-state index >= 15 is 0 Å². The third-order valence-electron chi connectivity index (χ3n) is 3.18. The lowest BCUT2D eigenvalue weighted by atomic mass is 10.1. The summed E-state index contributed by atoms with van der Waals surface area (Å²) in [5.74, 6) is 0.447. The molecule has 19 heavy (non-hydrogen) atoms. The quantitative estimate of drug-likeness (QED) is 0.792. The molecule has 4 heteroatoms. The van der Waals surface area contributed by atoms with E-state index in [4.69, 9.17) is 4.74 Å². The van der Waals surface area contributed by atoms with Crippen LogP contribution in [0.1, 0.15) is 29.9 Å². The minimum atomic E-state index is -0.0936. The number of carbonyl (C=O) groups is 1. The van der Waals surface area contributed by atoms with Crippen LogP contribution in [0.25, 0.3) is 11.3 Å². The molecule has 0 unspecified atom stereocenters. The zero-order valence-corrected chi connectivity index (χ0v) is 11.7. The van der Waals surface area contributed by atoms with Crippen molar-refractivity contribution in [1.82, 2.24) is 9.78 Å². The van der Waals surface area contributed by atoms with Crippen molar-refractivity contribution in [3.05, 3.63) is 35.5 Å². The monoisotopic (exact) mass is 258 g/mol. The van der Waals surface area contributed by atoms with E-state index in [1.54, 1.807) is 11.8 Å². The topological polar surface area (TPSA) is 44.1 Å². The smallest absolute Gasteiger partial charge is 0.183 e. The average Bonchev–Trinajstić information content (AvgIpc) is 2.76. The van der Waals surface area contributed by atoms with Crippen molar-refractivity contribution < 1.29 is 9.53 Å². The number of hydrogen-bond donors (Lipinski definition) is 0. The first-order valence-electron chi connectivity index (χ1n) is 6.29. The van der Waals surface area contributed by atoms with Gasteiger partial charge in [-0.15, -0.1) is 0 Å². The third kappa shape index (κ3) is 2.38. The van der Waals surface area contributed by atoms with Crippen molar-refractivity contribution in [3.63, 3.8) is 0 Å². The normalized spacial score (nSPS) is 10.5. The summed E-state index contributed by atoms with van der Waals surface area (Å²) in [7, 11) is 3.38. The van der Waals surface area contributed by atoms with E-state index in [2.05, 4.69) is 24.2 Å². The molecule has 0 fully saturated rings. The van der Waals surface area contributed by atoms with E-state index in [0.717, 1.165) is 17.7 Å². The van der Waals surface area contributed by atoms with Crippen LogP contribution in [0.15, 0.2) is 24.3 Å². The number of ether oxygens (including phenoxy) is 1. The Kier molecular flexibility index (Phi) is 3.69. The number of hydrogen-bond acceptors (Lipinski definition) is 3. The van der Waals surface area contributed by atoms with Gasteiger partial charge >= 0.3 is 0 Å². The highest BCUT2D eigenvalue weighted by Crippen LogP contribution is 2.33. The van der Waals surface area contributed by atoms with Crippen LogP contribution in [-0.4, -0.2) is 22.7 Å². The van der Waals surface area contributed by atoms with Crippen LogP contribution in [-0.2, 0) is 13.5 Å². The van der Waals surface area contributed by atoms with Crippen LogP contribution < -0.4 is 4.74 Å². The predicted octanol–water partition coefficient (Wildman–Crippen LogP) is 2.86. The van der Waals surface area contributed by atoms with Crippen LogP contribution >= 0.6 is 0 Å². The van der Waals surface area contributed by atoms with Gasteiger partial charge in [0.1, 0.15) is 5.69 Å². The molecular weight excluding hydrogens is 240 g/mol. The molecule has 1 aromatic heterocycles. The molecule has 0 spiro atoms. The Labute approximate surface area is 113 Å². The molecule has 4 nitrogen and oxygen atoms in total. The number of benzene rings is 1. The molecule has 100 valence electrons. The van der Waals surface area contributed by atoms with Gasteiger partial charge in [-0.25, -0.2) is 0 Å². The van der Waals surface area contributed by atoms with Crippen molar-refractivity contribution in [1.29, 1.82) is 0 Å². The summed E-state index contributed by atoms with van der Waals surface area (Å²) in [5.41, 5.74) is 3.48. The van der Waals surface area contributed by atoms with E-state index in [-0.39, 0.29) is 5.78 Å². The molecule has 0 saturated carbocycles. The van der Waals surface area contributed by atoms with Crippen LogP contribution in [0.2, 0.25) is 0 Å². The van der Waals surface area contributed by atoms with Crippen molar-refractivity contribution in [2.75, 3.05) is 7.11 Å². The number of rotatable bonds is 4. The summed E-state index contributed by atoms with van der Waals surface area (Å²) in [6, 6.07) is 8.22. The Hall–Kier alpha value is -2.10. The van der Waals surface area contributed by atoms with Gasteiger partial charge in [0.15, 0.2) is 17.2 Å². The Morgan fingerprint density at radius 3 is 2.42 bits per heavy atom. The van der Waals surface area contributed by atoms with Crippen LogP contribution in [0, 0.1) is 0 Å². The SMILES string of the molecule is CCc1ccc(-c2c(OC)c(C(C)=O)nn2C)cc1. The maximum Gasteiger partial charge on any atom is 0.183 e. The van der Waals surface area contributed by atoms with Crippen LogP contribution in [0.4, 0.5) is 0 Å². The van der Waals surface area contributed by atoms with Gasteiger partial charge in [0.2, 0.25) is 0 Å². The molecule has 0 saturated heterocycles. The summed E-state index contributed by atoms with van der Waals surface area (Å²) >= 11 is 0. The van der Waals surface area contributed by atoms with Gasteiger partial charge in [0.05, 0.1) is 7.11 Å². The van der Waals surface area contributed by atoms with Gasteiger partial charge < -0.3 is 4.74 Å². The molecule has 2 rings (SSSR count). The molecule has 2 aromatic rings.